The van der Waals surface area contributed by atoms with Gasteiger partial charge in [-0.1, -0.05) is 28.1 Å². The Balaban J connectivity index is 2.21. The topological polar surface area (TPSA) is 84.9 Å². The number of ether oxygens (including phenoxy) is 2. The fourth-order valence-electron chi connectivity index (χ4n) is 2.21. The Bertz CT molecular complexity index is 730. The number of rotatable bonds is 6. The van der Waals surface area contributed by atoms with Gasteiger partial charge in [-0.15, -0.1) is 0 Å². The van der Waals surface area contributed by atoms with Crippen LogP contribution in [0.4, 0.5) is 0 Å². The fourth-order valence-corrected chi connectivity index (χ4v) is 2.48. The molecule has 0 aliphatic rings. The van der Waals surface area contributed by atoms with Crippen LogP contribution in [-0.2, 0) is 9.53 Å². The number of aliphatic hydroxyl groups is 1. The van der Waals surface area contributed by atoms with Crippen LogP contribution in [0.2, 0.25) is 0 Å². The Kier molecular flexibility index (Phi) is 6.55. The van der Waals surface area contributed by atoms with Gasteiger partial charge in [-0.25, -0.2) is 4.79 Å². The number of carbonyl (C=O) groups is 2. The number of esters is 1. The minimum atomic E-state index is -1.27. The van der Waals surface area contributed by atoms with Gasteiger partial charge in [0.25, 0.3) is 5.91 Å². The summed E-state index contributed by atoms with van der Waals surface area (Å²) in [6, 6.07) is 11.9. The second-order valence-electron chi connectivity index (χ2n) is 5.20. The molecular formula is C18H18BrNO5. The van der Waals surface area contributed by atoms with Crippen LogP contribution in [0.1, 0.15) is 22.0 Å². The maximum atomic E-state index is 12.4. The number of aliphatic hydroxyl groups excluding tert-OH is 1. The lowest BCUT2D eigenvalue weighted by molar-refractivity contribution is -0.146. The molecular weight excluding hydrogens is 390 g/mol. The van der Waals surface area contributed by atoms with E-state index in [1.54, 1.807) is 48.5 Å². The largest absolute Gasteiger partial charge is 0.497 e. The van der Waals surface area contributed by atoms with Gasteiger partial charge in [0.2, 0.25) is 0 Å². The maximum Gasteiger partial charge on any atom is 0.331 e. The molecule has 2 aromatic rings. The zero-order valence-electron chi connectivity index (χ0n) is 13.7. The molecule has 0 aliphatic carbocycles. The van der Waals surface area contributed by atoms with E-state index in [0.717, 1.165) is 4.47 Å². The SMILES string of the molecule is COC(=O)C(NC(=O)c1ccc(Br)cc1)C(O)c1ccc(OC)cc1. The first-order valence-corrected chi connectivity index (χ1v) is 8.22. The second-order valence-corrected chi connectivity index (χ2v) is 6.11. The monoisotopic (exact) mass is 407 g/mol. The van der Waals surface area contributed by atoms with Gasteiger partial charge in [0.1, 0.15) is 11.9 Å². The van der Waals surface area contributed by atoms with Gasteiger partial charge in [0.05, 0.1) is 14.2 Å². The van der Waals surface area contributed by atoms with E-state index in [-0.39, 0.29) is 0 Å². The fraction of sp³-hybridized carbons (Fsp3) is 0.222. The van der Waals surface area contributed by atoms with Crippen LogP contribution in [0, 0.1) is 0 Å². The van der Waals surface area contributed by atoms with Crippen LogP contribution in [0.3, 0.4) is 0 Å². The molecule has 2 aromatic carbocycles. The number of halogens is 1. The average Bonchev–Trinajstić information content (AvgIpc) is 2.65. The van der Waals surface area contributed by atoms with Crippen molar-refractivity contribution in [2.24, 2.45) is 0 Å². The number of carbonyl (C=O) groups excluding carboxylic acids is 2. The van der Waals surface area contributed by atoms with Crippen molar-refractivity contribution in [1.29, 1.82) is 0 Å². The molecule has 0 radical (unpaired) electrons. The van der Waals surface area contributed by atoms with Crippen molar-refractivity contribution in [2.75, 3.05) is 14.2 Å². The number of methoxy groups -OCH3 is 2. The van der Waals surface area contributed by atoms with Gasteiger partial charge in [0.15, 0.2) is 6.04 Å². The van der Waals surface area contributed by atoms with E-state index >= 15 is 0 Å². The molecule has 2 N–H and O–H groups in total. The summed E-state index contributed by atoms with van der Waals surface area (Å²) in [7, 11) is 2.73. The van der Waals surface area contributed by atoms with Crippen molar-refractivity contribution >= 4 is 27.8 Å². The first-order chi connectivity index (χ1) is 12.0. The van der Waals surface area contributed by atoms with Crippen LogP contribution in [-0.4, -0.2) is 37.2 Å². The van der Waals surface area contributed by atoms with E-state index in [1.807, 2.05) is 0 Å². The lowest BCUT2D eigenvalue weighted by Gasteiger charge is -2.22. The van der Waals surface area contributed by atoms with Crippen molar-refractivity contribution in [2.45, 2.75) is 12.1 Å². The molecule has 2 rings (SSSR count). The van der Waals surface area contributed by atoms with Crippen LogP contribution in [0.5, 0.6) is 5.75 Å². The zero-order valence-corrected chi connectivity index (χ0v) is 15.3. The van der Waals surface area contributed by atoms with Crippen LogP contribution < -0.4 is 10.1 Å². The summed E-state index contributed by atoms with van der Waals surface area (Å²) in [4.78, 5) is 24.4. The second kappa shape index (κ2) is 8.64. The van der Waals surface area contributed by atoms with E-state index in [9.17, 15) is 14.7 Å². The highest BCUT2D eigenvalue weighted by molar-refractivity contribution is 9.10. The van der Waals surface area contributed by atoms with Crippen LogP contribution in [0.15, 0.2) is 53.0 Å². The average molecular weight is 408 g/mol. The van der Waals surface area contributed by atoms with Gasteiger partial charge in [-0.05, 0) is 42.0 Å². The zero-order chi connectivity index (χ0) is 18.4. The highest BCUT2D eigenvalue weighted by Gasteiger charge is 2.31. The molecule has 25 heavy (non-hydrogen) atoms. The molecule has 0 aliphatic heterocycles. The molecule has 0 heterocycles. The van der Waals surface area contributed by atoms with E-state index in [2.05, 4.69) is 21.2 Å². The maximum absolute atomic E-state index is 12.4. The lowest BCUT2D eigenvalue weighted by Crippen LogP contribution is -2.45. The quantitative estimate of drug-likeness (QED) is 0.718. The van der Waals surface area contributed by atoms with E-state index in [4.69, 9.17) is 9.47 Å². The molecule has 6 nitrogen and oxygen atoms in total. The van der Waals surface area contributed by atoms with Gasteiger partial charge >= 0.3 is 5.97 Å². The summed E-state index contributed by atoms with van der Waals surface area (Å²) in [6.45, 7) is 0. The number of amides is 1. The smallest absolute Gasteiger partial charge is 0.331 e. The summed E-state index contributed by atoms with van der Waals surface area (Å²) in [5.74, 6) is -0.617. The summed E-state index contributed by atoms with van der Waals surface area (Å²) >= 11 is 3.29. The molecule has 0 fully saturated rings. The summed E-state index contributed by atoms with van der Waals surface area (Å²) in [5, 5.41) is 13.0. The standard InChI is InChI=1S/C18H18BrNO5/c1-24-14-9-5-11(6-10-14)16(21)15(18(23)25-2)20-17(22)12-3-7-13(19)8-4-12/h3-10,15-16,21H,1-2H3,(H,20,22). The van der Waals surface area contributed by atoms with E-state index in [1.165, 1.54) is 14.2 Å². The predicted octanol–water partition coefficient (Wildman–Crippen LogP) is 2.46. The van der Waals surface area contributed by atoms with E-state index < -0.39 is 24.0 Å². The van der Waals surface area contributed by atoms with Gasteiger partial charge in [-0.3, -0.25) is 4.79 Å². The minimum Gasteiger partial charge on any atom is -0.497 e. The molecule has 0 saturated heterocycles. The summed E-state index contributed by atoms with van der Waals surface area (Å²) < 4.78 is 10.6. The summed E-state index contributed by atoms with van der Waals surface area (Å²) in [6.07, 6.45) is -1.27. The third-order valence-corrected chi connectivity index (χ3v) is 4.15. The van der Waals surface area contributed by atoms with Crippen molar-refractivity contribution in [1.82, 2.24) is 5.32 Å². The van der Waals surface area contributed by atoms with Crippen LogP contribution in [0.25, 0.3) is 0 Å². The van der Waals surface area contributed by atoms with Crippen molar-refractivity contribution in [3.63, 3.8) is 0 Å². The molecule has 0 bridgehead atoms. The van der Waals surface area contributed by atoms with Gasteiger partial charge in [0, 0.05) is 10.0 Å². The first kappa shape index (κ1) is 19.0. The Morgan fingerprint density at radius 2 is 1.64 bits per heavy atom. The Morgan fingerprint density at radius 3 is 2.16 bits per heavy atom. The molecule has 7 heteroatoms. The number of nitrogens with one attached hydrogen (secondary N) is 1. The van der Waals surface area contributed by atoms with E-state index in [0.29, 0.717) is 16.9 Å². The van der Waals surface area contributed by atoms with Gasteiger partial charge < -0.3 is 19.9 Å². The molecule has 0 saturated carbocycles. The number of benzene rings is 2. The number of hydrogen-bond donors (Lipinski definition) is 2. The Labute approximate surface area is 153 Å². The number of hydrogen-bond acceptors (Lipinski definition) is 5. The summed E-state index contributed by atoms with van der Waals surface area (Å²) in [5.41, 5.74) is 0.811. The molecule has 2 atom stereocenters. The normalized spacial score (nSPS) is 12.8. The third kappa shape index (κ3) is 4.80. The highest BCUT2D eigenvalue weighted by Crippen LogP contribution is 2.21. The van der Waals surface area contributed by atoms with Crippen molar-refractivity contribution in [3.8, 4) is 5.75 Å². The Hall–Kier alpha value is -2.38. The lowest BCUT2D eigenvalue weighted by atomic mass is 10.0. The first-order valence-electron chi connectivity index (χ1n) is 7.42. The Morgan fingerprint density at radius 1 is 1.04 bits per heavy atom. The molecule has 2 unspecified atom stereocenters. The highest BCUT2D eigenvalue weighted by atomic mass is 79.9. The molecule has 0 aromatic heterocycles. The van der Waals surface area contributed by atoms with Crippen molar-refractivity contribution in [3.05, 3.63) is 64.1 Å². The molecule has 132 valence electrons. The molecule has 1 amide bonds. The van der Waals surface area contributed by atoms with Crippen molar-refractivity contribution < 1.29 is 24.2 Å². The predicted molar refractivity (Wildman–Crippen MR) is 95.4 cm³/mol. The van der Waals surface area contributed by atoms with Gasteiger partial charge in [-0.2, -0.15) is 0 Å². The third-order valence-electron chi connectivity index (χ3n) is 3.62. The van der Waals surface area contributed by atoms with Crippen LogP contribution >= 0.6 is 15.9 Å². The minimum absolute atomic E-state index is 0.360. The molecule has 0 spiro atoms.